The molecule has 1 aliphatic heterocycles. The molecule has 5 rings (SSSR count). The van der Waals surface area contributed by atoms with E-state index in [1.54, 1.807) is 0 Å². The van der Waals surface area contributed by atoms with Crippen LogP contribution in [-0.4, -0.2) is 97.0 Å². The Morgan fingerprint density at radius 1 is 0.867 bits per heavy atom. The Labute approximate surface area is 273 Å². The van der Waals surface area contributed by atoms with Crippen molar-refractivity contribution in [3.8, 4) is 0 Å². The van der Waals surface area contributed by atoms with Crippen molar-refractivity contribution in [3.63, 3.8) is 0 Å². The molecule has 5 heteroatoms. The van der Waals surface area contributed by atoms with E-state index in [-0.39, 0.29) is 11.9 Å². The van der Waals surface area contributed by atoms with Crippen LogP contribution in [0.25, 0.3) is 10.8 Å². The van der Waals surface area contributed by atoms with Crippen LogP contribution in [-0.2, 0) is 17.6 Å². The molecule has 1 amide bonds. The molecule has 0 bridgehead atoms. The summed E-state index contributed by atoms with van der Waals surface area (Å²) in [6.07, 6.45) is 10.4. The Morgan fingerprint density at radius 2 is 1.62 bits per heavy atom. The number of hydrogen-bond donors (Lipinski definition) is 0. The Hall–Kier alpha value is -2.73. The highest BCUT2D eigenvalue weighted by molar-refractivity contribution is 5.85. The summed E-state index contributed by atoms with van der Waals surface area (Å²) in [5.41, 5.74) is 5.33. The van der Waals surface area contributed by atoms with Gasteiger partial charge in [0.25, 0.3) is 0 Å². The molecule has 5 nitrogen and oxygen atoms in total. The monoisotopic (exact) mass is 610 g/mol. The van der Waals surface area contributed by atoms with E-state index in [0.717, 1.165) is 51.0 Å². The highest BCUT2D eigenvalue weighted by Gasteiger charge is 2.34. The van der Waals surface area contributed by atoms with Crippen molar-refractivity contribution < 1.29 is 4.79 Å². The number of benzene rings is 3. The van der Waals surface area contributed by atoms with Gasteiger partial charge in [0.05, 0.1) is 6.42 Å². The van der Waals surface area contributed by atoms with Crippen LogP contribution in [0.1, 0.15) is 74.1 Å². The van der Waals surface area contributed by atoms with E-state index in [4.69, 9.17) is 0 Å². The molecule has 0 N–H and O–H groups in total. The van der Waals surface area contributed by atoms with E-state index in [1.165, 1.54) is 59.6 Å². The number of carbonyl (C=O) groups is 1. The molecule has 0 spiro atoms. The number of amides is 1. The number of likely N-dealkylation sites (N-methyl/N-ethyl adjacent to an activating group) is 2. The van der Waals surface area contributed by atoms with Crippen molar-refractivity contribution >= 4 is 16.7 Å². The fourth-order valence-corrected chi connectivity index (χ4v) is 8.18. The van der Waals surface area contributed by atoms with Gasteiger partial charge in [-0.2, -0.15) is 0 Å². The Balaban J connectivity index is 1.23. The van der Waals surface area contributed by atoms with Gasteiger partial charge in [-0.15, -0.1) is 0 Å². The van der Waals surface area contributed by atoms with Crippen LogP contribution in [0.5, 0.6) is 0 Å². The van der Waals surface area contributed by atoms with E-state index < -0.39 is 0 Å². The SMILES string of the molecule is Cc1ccc(CCCN2C[C@@H](C)N(C(=O)Cc3ccc4ccccc4c3)C[C@@H]2CCCN(C)C2CCCCC2N(C)C)c(C)c1. The molecule has 244 valence electrons. The molecule has 4 atom stereocenters. The predicted octanol–water partition coefficient (Wildman–Crippen LogP) is 7.12. The molecule has 1 saturated heterocycles. The van der Waals surface area contributed by atoms with Crippen LogP contribution in [0.3, 0.4) is 0 Å². The van der Waals surface area contributed by atoms with Crippen molar-refractivity contribution in [1.82, 2.24) is 19.6 Å². The first-order chi connectivity index (χ1) is 21.7. The van der Waals surface area contributed by atoms with Crippen LogP contribution in [0, 0.1) is 13.8 Å². The molecule has 2 fully saturated rings. The zero-order valence-corrected chi connectivity index (χ0v) is 29.0. The Bertz CT molecular complexity index is 1400. The highest BCUT2D eigenvalue weighted by atomic mass is 16.2. The first kappa shape index (κ1) is 33.6. The molecule has 1 aliphatic carbocycles. The summed E-state index contributed by atoms with van der Waals surface area (Å²) in [4.78, 5) is 23.8. The van der Waals surface area contributed by atoms with Crippen molar-refractivity contribution in [2.24, 2.45) is 0 Å². The third kappa shape index (κ3) is 8.75. The molecule has 1 heterocycles. The van der Waals surface area contributed by atoms with Crippen LogP contribution in [0.15, 0.2) is 60.7 Å². The van der Waals surface area contributed by atoms with Gasteiger partial charge in [0, 0.05) is 37.3 Å². The van der Waals surface area contributed by atoms with Crippen molar-refractivity contribution in [2.45, 2.75) is 103 Å². The number of carbonyl (C=O) groups excluding carboxylic acids is 1. The zero-order valence-electron chi connectivity index (χ0n) is 29.0. The van der Waals surface area contributed by atoms with E-state index in [1.807, 2.05) is 0 Å². The second-order valence-corrected chi connectivity index (χ2v) is 14.4. The molecule has 45 heavy (non-hydrogen) atoms. The van der Waals surface area contributed by atoms with E-state index in [0.29, 0.717) is 24.5 Å². The number of piperazine rings is 1. The number of nitrogens with zero attached hydrogens (tertiary/aromatic N) is 4. The second-order valence-electron chi connectivity index (χ2n) is 14.4. The minimum absolute atomic E-state index is 0.223. The van der Waals surface area contributed by atoms with E-state index in [2.05, 4.69) is 122 Å². The largest absolute Gasteiger partial charge is 0.337 e. The maximum absolute atomic E-state index is 13.8. The number of hydrogen-bond acceptors (Lipinski definition) is 4. The average Bonchev–Trinajstić information content (AvgIpc) is 3.02. The summed E-state index contributed by atoms with van der Waals surface area (Å²) in [6, 6.07) is 23.7. The fourth-order valence-electron chi connectivity index (χ4n) is 8.18. The normalized spacial score (nSPS) is 22.9. The lowest BCUT2D eigenvalue weighted by Gasteiger charge is -2.46. The summed E-state index contributed by atoms with van der Waals surface area (Å²) in [5, 5.41) is 2.44. The predicted molar refractivity (Wildman–Crippen MR) is 190 cm³/mol. The fraction of sp³-hybridized carbons (Fsp3) is 0.575. The summed E-state index contributed by atoms with van der Waals surface area (Å²) >= 11 is 0. The first-order valence-electron chi connectivity index (χ1n) is 17.6. The third-order valence-corrected chi connectivity index (χ3v) is 10.8. The first-order valence-corrected chi connectivity index (χ1v) is 17.6. The number of aryl methyl sites for hydroxylation is 3. The van der Waals surface area contributed by atoms with Gasteiger partial charge < -0.3 is 14.7 Å². The van der Waals surface area contributed by atoms with E-state index in [9.17, 15) is 4.79 Å². The lowest BCUT2D eigenvalue weighted by molar-refractivity contribution is -0.136. The van der Waals surface area contributed by atoms with Crippen LogP contribution in [0.2, 0.25) is 0 Å². The molecule has 2 unspecified atom stereocenters. The van der Waals surface area contributed by atoms with Crippen LogP contribution >= 0.6 is 0 Å². The van der Waals surface area contributed by atoms with Crippen molar-refractivity contribution in [1.29, 1.82) is 0 Å². The van der Waals surface area contributed by atoms with Crippen LogP contribution in [0.4, 0.5) is 0 Å². The smallest absolute Gasteiger partial charge is 0.227 e. The van der Waals surface area contributed by atoms with E-state index >= 15 is 0 Å². The number of rotatable bonds is 12. The second kappa shape index (κ2) is 15.7. The Kier molecular flexibility index (Phi) is 11.7. The molecule has 0 aromatic heterocycles. The molecular formula is C40H58N4O. The molecule has 3 aromatic rings. The standard InChI is InChI=1S/C40H58N4O/c1-30-19-21-34(31(2)25-30)15-11-24-43-28-32(3)44(40(45)27-33-20-22-35-13-7-8-14-36(35)26-33)29-37(43)16-12-23-42(6)39-18-10-9-17-38(39)41(4)5/h7-8,13-14,19-22,25-26,32,37-39H,9-12,15-18,23-24,27-29H2,1-6H3/t32-,37+,38?,39?/m1/s1. The zero-order chi connectivity index (χ0) is 31.9. The van der Waals surface area contributed by atoms with Crippen LogP contribution < -0.4 is 0 Å². The van der Waals surface area contributed by atoms with Gasteiger partial charge >= 0.3 is 0 Å². The minimum atomic E-state index is 0.223. The molecular weight excluding hydrogens is 552 g/mol. The summed E-state index contributed by atoms with van der Waals surface area (Å²) in [6.45, 7) is 10.7. The molecule has 3 aromatic carbocycles. The van der Waals surface area contributed by atoms with Gasteiger partial charge in [-0.25, -0.2) is 0 Å². The molecule has 1 saturated carbocycles. The molecule has 0 radical (unpaired) electrons. The highest BCUT2D eigenvalue weighted by Crippen LogP contribution is 2.27. The maximum Gasteiger partial charge on any atom is 0.227 e. The lowest BCUT2D eigenvalue weighted by Crippen LogP contribution is -2.59. The van der Waals surface area contributed by atoms with Gasteiger partial charge in [0.2, 0.25) is 5.91 Å². The Morgan fingerprint density at radius 3 is 2.38 bits per heavy atom. The van der Waals surface area contributed by atoms with Crippen molar-refractivity contribution in [2.75, 3.05) is 47.3 Å². The number of fused-ring (bicyclic) bond motifs is 1. The van der Waals surface area contributed by atoms with Gasteiger partial charge in [-0.1, -0.05) is 79.1 Å². The minimum Gasteiger partial charge on any atom is -0.337 e. The molecule has 2 aliphatic rings. The summed E-state index contributed by atoms with van der Waals surface area (Å²) < 4.78 is 0. The van der Waals surface area contributed by atoms with Gasteiger partial charge in [-0.05, 0) is 121 Å². The third-order valence-electron chi connectivity index (χ3n) is 10.8. The summed E-state index contributed by atoms with van der Waals surface area (Å²) in [7, 11) is 6.84. The summed E-state index contributed by atoms with van der Waals surface area (Å²) in [5.74, 6) is 0.269. The topological polar surface area (TPSA) is 30.0 Å². The van der Waals surface area contributed by atoms with Crippen molar-refractivity contribution in [3.05, 3.63) is 82.9 Å². The lowest BCUT2D eigenvalue weighted by atomic mass is 9.88. The van der Waals surface area contributed by atoms with Gasteiger partial charge in [-0.3, -0.25) is 9.69 Å². The van der Waals surface area contributed by atoms with Gasteiger partial charge in [0.15, 0.2) is 0 Å². The maximum atomic E-state index is 13.8. The quantitative estimate of drug-likeness (QED) is 0.219. The van der Waals surface area contributed by atoms with Gasteiger partial charge in [0.1, 0.15) is 0 Å². The average molecular weight is 611 g/mol.